The Labute approximate surface area is 119 Å². The fourth-order valence-electron chi connectivity index (χ4n) is 1.52. The zero-order valence-electron chi connectivity index (χ0n) is 11.2. The second kappa shape index (κ2) is 9.42. The van der Waals surface area contributed by atoms with Crippen LogP contribution in [0.2, 0.25) is 0 Å². The molecule has 0 saturated carbocycles. The Morgan fingerprint density at radius 2 is 1.95 bits per heavy atom. The van der Waals surface area contributed by atoms with E-state index in [0.717, 1.165) is 5.56 Å². The SMILES string of the molecule is N#CCN(CC#N)CCOc1cccc(C#CCN)c1. The molecule has 102 valence electrons. The summed E-state index contributed by atoms with van der Waals surface area (Å²) >= 11 is 0. The predicted molar refractivity (Wildman–Crippen MR) is 75.5 cm³/mol. The quantitative estimate of drug-likeness (QED) is 0.607. The van der Waals surface area contributed by atoms with E-state index in [4.69, 9.17) is 21.0 Å². The molecular weight excluding hydrogens is 252 g/mol. The first kappa shape index (κ1) is 15.5. The highest BCUT2D eigenvalue weighted by molar-refractivity contribution is 5.39. The van der Waals surface area contributed by atoms with Crippen LogP contribution in [0.3, 0.4) is 0 Å². The molecule has 0 heterocycles. The fourth-order valence-corrected chi connectivity index (χ4v) is 1.52. The van der Waals surface area contributed by atoms with Gasteiger partial charge in [-0.2, -0.15) is 10.5 Å². The van der Waals surface area contributed by atoms with Gasteiger partial charge in [-0.1, -0.05) is 17.9 Å². The number of benzene rings is 1. The van der Waals surface area contributed by atoms with Crippen LogP contribution < -0.4 is 10.5 Å². The molecule has 0 fully saturated rings. The number of nitrogens with two attached hydrogens (primary N) is 1. The maximum absolute atomic E-state index is 8.63. The lowest BCUT2D eigenvalue weighted by Gasteiger charge is -2.15. The number of hydrogen-bond acceptors (Lipinski definition) is 5. The molecule has 0 aliphatic carbocycles. The third-order valence-electron chi connectivity index (χ3n) is 2.43. The zero-order chi connectivity index (χ0) is 14.6. The molecule has 0 unspecified atom stereocenters. The minimum atomic E-state index is 0.221. The van der Waals surface area contributed by atoms with E-state index in [1.165, 1.54) is 0 Å². The van der Waals surface area contributed by atoms with Gasteiger partial charge in [0.05, 0.1) is 31.8 Å². The minimum Gasteiger partial charge on any atom is -0.492 e. The van der Waals surface area contributed by atoms with Crippen LogP contribution in [0, 0.1) is 34.5 Å². The predicted octanol–water partition coefficient (Wildman–Crippen LogP) is 0.725. The molecule has 0 radical (unpaired) electrons. The van der Waals surface area contributed by atoms with Crippen molar-refractivity contribution in [3.05, 3.63) is 29.8 Å². The normalized spacial score (nSPS) is 9.20. The van der Waals surface area contributed by atoms with Gasteiger partial charge in [-0.05, 0) is 18.2 Å². The summed E-state index contributed by atoms with van der Waals surface area (Å²) in [5, 5.41) is 17.3. The highest BCUT2D eigenvalue weighted by atomic mass is 16.5. The van der Waals surface area contributed by atoms with Crippen LogP contribution in [0.5, 0.6) is 5.75 Å². The lowest BCUT2D eigenvalue weighted by molar-refractivity contribution is 0.239. The summed E-state index contributed by atoms with van der Waals surface area (Å²) < 4.78 is 5.59. The highest BCUT2D eigenvalue weighted by Crippen LogP contribution is 2.12. The molecule has 1 aromatic rings. The number of nitrogens with zero attached hydrogens (tertiary/aromatic N) is 3. The lowest BCUT2D eigenvalue weighted by Crippen LogP contribution is -2.29. The fraction of sp³-hybridized carbons (Fsp3) is 0.333. The van der Waals surface area contributed by atoms with Crippen molar-refractivity contribution in [3.8, 4) is 29.7 Å². The first-order valence-corrected chi connectivity index (χ1v) is 6.18. The summed E-state index contributed by atoms with van der Waals surface area (Å²) in [5.41, 5.74) is 6.17. The van der Waals surface area contributed by atoms with Gasteiger partial charge in [-0.25, -0.2) is 0 Å². The average Bonchev–Trinajstić information content (AvgIpc) is 2.46. The number of hydrogen-bond donors (Lipinski definition) is 1. The van der Waals surface area contributed by atoms with Crippen molar-refractivity contribution >= 4 is 0 Å². The molecule has 5 nitrogen and oxygen atoms in total. The standard InChI is InChI=1S/C15H16N4O/c16-6-2-4-14-3-1-5-15(13-14)20-12-11-19(9-7-17)10-8-18/h1,3,5,13H,6,9-12,16H2. The van der Waals surface area contributed by atoms with E-state index in [0.29, 0.717) is 25.4 Å². The van der Waals surface area contributed by atoms with Crippen LogP contribution in [0.4, 0.5) is 0 Å². The minimum absolute atomic E-state index is 0.221. The Morgan fingerprint density at radius 1 is 1.20 bits per heavy atom. The molecule has 0 aromatic heterocycles. The molecule has 0 aliphatic heterocycles. The molecule has 5 heteroatoms. The van der Waals surface area contributed by atoms with Crippen molar-refractivity contribution in [1.29, 1.82) is 10.5 Å². The molecule has 2 N–H and O–H groups in total. The van der Waals surface area contributed by atoms with Crippen LogP contribution in [-0.4, -0.2) is 37.7 Å². The van der Waals surface area contributed by atoms with Crippen molar-refractivity contribution < 1.29 is 4.74 Å². The van der Waals surface area contributed by atoms with Crippen LogP contribution in [0.15, 0.2) is 24.3 Å². The summed E-state index contributed by atoms with van der Waals surface area (Å²) in [6.07, 6.45) is 0. The van der Waals surface area contributed by atoms with Gasteiger partial charge in [0.25, 0.3) is 0 Å². The zero-order valence-corrected chi connectivity index (χ0v) is 11.2. The average molecular weight is 268 g/mol. The van der Waals surface area contributed by atoms with E-state index < -0.39 is 0 Å². The highest BCUT2D eigenvalue weighted by Gasteiger charge is 2.03. The van der Waals surface area contributed by atoms with Crippen molar-refractivity contribution in [1.82, 2.24) is 4.90 Å². The topological polar surface area (TPSA) is 86.1 Å². The van der Waals surface area contributed by atoms with E-state index in [2.05, 4.69) is 11.8 Å². The number of ether oxygens (including phenoxy) is 1. The summed E-state index contributed by atoms with van der Waals surface area (Å²) in [6.45, 7) is 1.71. The smallest absolute Gasteiger partial charge is 0.120 e. The molecule has 0 bridgehead atoms. The van der Waals surface area contributed by atoms with E-state index >= 15 is 0 Å². The number of rotatable bonds is 6. The summed E-state index contributed by atoms with van der Waals surface area (Å²) in [7, 11) is 0. The summed E-state index contributed by atoms with van der Waals surface area (Å²) in [6, 6.07) is 11.5. The van der Waals surface area contributed by atoms with Crippen molar-refractivity contribution in [2.75, 3.05) is 32.8 Å². The molecular formula is C15H16N4O. The lowest BCUT2D eigenvalue weighted by atomic mass is 10.2. The van der Waals surface area contributed by atoms with Gasteiger partial charge < -0.3 is 10.5 Å². The second-order valence-electron chi connectivity index (χ2n) is 3.91. The molecule has 0 saturated heterocycles. The molecule has 0 spiro atoms. The molecule has 1 aromatic carbocycles. The van der Waals surface area contributed by atoms with E-state index in [1.807, 2.05) is 36.4 Å². The maximum Gasteiger partial charge on any atom is 0.120 e. The molecule has 0 amide bonds. The first-order chi connectivity index (χ1) is 9.80. The van der Waals surface area contributed by atoms with Crippen LogP contribution >= 0.6 is 0 Å². The van der Waals surface area contributed by atoms with Gasteiger partial charge >= 0.3 is 0 Å². The third kappa shape index (κ3) is 5.89. The van der Waals surface area contributed by atoms with E-state index in [1.54, 1.807) is 4.90 Å². The van der Waals surface area contributed by atoms with Crippen LogP contribution in [0.25, 0.3) is 0 Å². The van der Waals surface area contributed by atoms with E-state index in [-0.39, 0.29) is 13.1 Å². The van der Waals surface area contributed by atoms with Crippen LogP contribution in [-0.2, 0) is 0 Å². The molecule has 0 atom stereocenters. The van der Waals surface area contributed by atoms with E-state index in [9.17, 15) is 0 Å². The van der Waals surface area contributed by atoms with Crippen molar-refractivity contribution in [2.24, 2.45) is 5.73 Å². The van der Waals surface area contributed by atoms with Crippen molar-refractivity contribution in [3.63, 3.8) is 0 Å². The second-order valence-corrected chi connectivity index (χ2v) is 3.91. The molecule has 0 aliphatic rings. The first-order valence-electron chi connectivity index (χ1n) is 6.18. The Balaban J connectivity index is 2.49. The van der Waals surface area contributed by atoms with Gasteiger partial charge in [-0.15, -0.1) is 0 Å². The summed E-state index contributed by atoms with van der Waals surface area (Å²) in [5.74, 6) is 6.43. The Morgan fingerprint density at radius 3 is 2.60 bits per heavy atom. The van der Waals surface area contributed by atoms with Gasteiger partial charge in [0, 0.05) is 12.1 Å². The van der Waals surface area contributed by atoms with Gasteiger partial charge in [-0.3, -0.25) is 4.90 Å². The molecule has 20 heavy (non-hydrogen) atoms. The third-order valence-corrected chi connectivity index (χ3v) is 2.43. The van der Waals surface area contributed by atoms with Crippen molar-refractivity contribution in [2.45, 2.75) is 0 Å². The Kier molecular flexibility index (Phi) is 7.31. The maximum atomic E-state index is 8.63. The number of nitriles is 2. The largest absolute Gasteiger partial charge is 0.492 e. The van der Waals surface area contributed by atoms with Gasteiger partial charge in [0.1, 0.15) is 12.4 Å². The Hall–Kier alpha value is -2.52. The van der Waals surface area contributed by atoms with Gasteiger partial charge in [0.2, 0.25) is 0 Å². The Bertz CT molecular complexity index is 544. The molecule has 1 rings (SSSR count). The van der Waals surface area contributed by atoms with Crippen LogP contribution in [0.1, 0.15) is 5.56 Å². The summed E-state index contributed by atoms with van der Waals surface area (Å²) in [4.78, 5) is 1.72. The monoisotopic (exact) mass is 268 g/mol. The van der Waals surface area contributed by atoms with Gasteiger partial charge in [0.15, 0.2) is 0 Å².